The smallest absolute Gasteiger partial charge is 0.158 e. The molecule has 0 radical (unpaired) electrons. The van der Waals surface area contributed by atoms with E-state index < -0.39 is 0 Å². The summed E-state index contributed by atoms with van der Waals surface area (Å²) in [6.45, 7) is 9.56. The van der Waals surface area contributed by atoms with Crippen LogP contribution in [0.1, 0.15) is 12.6 Å². The molecule has 0 N–H and O–H groups in total. The lowest BCUT2D eigenvalue weighted by molar-refractivity contribution is 0.270. The lowest BCUT2D eigenvalue weighted by Gasteiger charge is -2.35. The number of fused-ring (bicyclic) bond motifs is 1. The Balaban J connectivity index is 1.76. The normalized spacial score (nSPS) is 15.6. The second-order valence-electron chi connectivity index (χ2n) is 6.68. The van der Waals surface area contributed by atoms with E-state index in [1.807, 2.05) is 41.8 Å². The Kier molecular flexibility index (Phi) is 4.51. The number of benzene rings is 1. The Bertz CT molecular complexity index is 912. The van der Waals surface area contributed by atoms with Gasteiger partial charge >= 0.3 is 0 Å². The highest BCUT2D eigenvalue weighted by molar-refractivity contribution is 5.71. The maximum Gasteiger partial charge on any atom is 0.158 e. The van der Waals surface area contributed by atoms with Crippen molar-refractivity contribution in [1.29, 1.82) is 0 Å². The molecule has 6 heteroatoms. The van der Waals surface area contributed by atoms with Gasteiger partial charge in [0.1, 0.15) is 11.6 Å². The molecule has 0 aliphatic carbocycles. The summed E-state index contributed by atoms with van der Waals surface area (Å²) < 4.78 is 7.47. The second-order valence-corrected chi connectivity index (χ2v) is 6.68. The van der Waals surface area contributed by atoms with Crippen LogP contribution in [0.15, 0.2) is 36.4 Å². The predicted octanol–water partition coefficient (Wildman–Crippen LogP) is 2.86. The Hall–Kier alpha value is -2.60. The largest absolute Gasteiger partial charge is 0.496 e. The van der Waals surface area contributed by atoms with Gasteiger partial charge in [-0.3, -0.25) is 0 Å². The van der Waals surface area contributed by atoms with Gasteiger partial charge in [0.2, 0.25) is 0 Å². The summed E-state index contributed by atoms with van der Waals surface area (Å²) in [4.78, 5) is 9.57. The van der Waals surface area contributed by atoms with Gasteiger partial charge < -0.3 is 14.5 Å². The third-order valence-electron chi connectivity index (χ3n) is 5.06. The van der Waals surface area contributed by atoms with E-state index in [9.17, 15) is 0 Å². The number of hydrogen-bond acceptors (Lipinski definition) is 5. The molecule has 26 heavy (non-hydrogen) atoms. The van der Waals surface area contributed by atoms with Gasteiger partial charge in [0.25, 0.3) is 0 Å². The van der Waals surface area contributed by atoms with E-state index in [2.05, 4.69) is 27.8 Å². The summed E-state index contributed by atoms with van der Waals surface area (Å²) in [6, 6.07) is 12.1. The molecule has 2 aromatic heterocycles. The molecule has 1 fully saturated rings. The van der Waals surface area contributed by atoms with Gasteiger partial charge in [-0.05, 0) is 25.6 Å². The van der Waals surface area contributed by atoms with E-state index in [-0.39, 0.29) is 0 Å². The van der Waals surface area contributed by atoms with Gasteiger partial charge in [0.15, 0.2) is 5.65 Å². The molecular weight excluding hydrogens is 326 g/mol. The maximum atomic E-state index is 5.50. The predicted molar refractivity (Wildman–Crippen MR) is 104 cm³/mol. The SMILES string of the molecule is CCN1CCN(c2cc(C)nc3cc(-c4ccccc4OC)nn23)CC1. The van der Waals surface area contributed by atoms with Crippen LogP contribution in [0.5, 0.6) is 5.75 Å². The average Bonchev–Trinajstić information content (AvgIpc) is 3.11. The minimum atomic E-state index is 0.825. The van der Waals surface area contributed by atoms with Gasteiger partial charge in [0.05, 0.1) is 12.8 Å². The molecule has 136 valence electrons. The number of aryl methyl sites for hydroxylation is 1. The van der Waals surface area contributed by atoms with Crippen LogP contribution >= 0.6 is 0 Å². The Morgan fingerprint density at radius 1 is 1.08 bits per heavy atom. The van der Waals surface area contributed by atoms with Crippen molar-refractivity contribution in [1.82, 2.24) is 19.5 Å². The topological polar surface area (TPSA) is 45.9 Å². The minimum absolute atomic E-state index is 0.825. The highest BCUT2D eigenvalue weighted by Crippen LogP contribution is 2.30. The van der Waals surface area contributed by atoms with E-state index in [1.165, 1.54) is 0 Å². The summed E-state index contributed by atoms with van der Waals surface area (Å²) >= 11 is 0. The van der Waals surface area contributed by atoms with Crippen LogP contribution in [0.2, 0.25) is 0 Å². The summed E-state index contributed by atoms with van der Waals surface area (Å²) in [7, 11) is 1.69. The van der Waals surface area contributed by atoms with Crippen LogP contribution in [0.3, 0.4) is 0 Å². The zero-order valence-corrected chi connectivity index (χ0v) is 15.6. The average molecular weight is 351 g/mol. The summed E-state index contributed by atoms with van der Waals surface area (Å²) in [6.07, 6.45) is 0. The number of para-hydroxylation sites is 1. The van der Waals surface area contributed by atoms with Crippen LogP contribution in [0.25, 0.3) is 16.9 Å². The first-order valence-corrected chi connectivity index (χ1v) is 9.17. The van der Waals surface area contributed by atoms with Gasteiger partial charge in [-0.25, -0.2) is 4.98 Å². The molecule has 0 saturated carbocycles. The van der Waals surface area contributed by atoms with Crippen LogP contribution in [-0.2, 0) is 0 Å². The van der Waals surface area contributed by atoms with Crippen molar-refractivity contribution >= 4 is 11.5 Å². The van der Waals surface area contributed by atoms with Gasteiger partial charge in [0, 0.05) is 49.6 Å². The summed E-state index contributed by atoms with van der Waals surface area (Å²) in [5, 5.41) is 4.87. The lowest BCUT2D eigenvalue weighted by atomic mass is 10.1. The maximum absolute atomic E-state index is 5.50. The molecule has 1 saturated heterocycles. The number of methoxy groups -OCH3 is 1. The van der Waals surface area contributed by atoms with Crippen LogP contribution in [0, 0.1) is 6.92 Å². The van der Waals surface area contributed by atoms with Crippen molar-refractivity contribution < 1.29 is 4.74 Å². The Labute approximate surface area is 154 Å². The molecule has 6 nitrogen and oxygen atoms in total. The van der Waals surface area contributed by atoms with Crippen molar-refractivity contribution in [2.24, 2.45) is 0 Å². The van der Waals surface area contributed by atoms with Gasteiger partial charge in [-0.15, -0.1) is 0 Å². The third kappa shape index (κ3) is 3.01. The fourth-order valence-electron chi connectivity index (χ4n) is 3.59. The quantitative estimate of drug-likeness (QED) is 0.723. The zero-order chi connectivity index (χ0) is 18.1. The van der Waals surface area contributed by atoms with Gasteiger partial charge in [-0.1, -0.05) is 19.1 Å². The molecule has 1 aromatic carbocycles. The molecule has 1 aliphatic rings. The van der Waals surface area contributed by atoms with E-state index in [4.69, 9.17) is 9.84 Å². The molecule has 4 rings (SSSR count). The number of ether oxygens (including phenoxy) is 1. The number of piperazine rings is 1. The van der Waals surface area contributed by atoms with Crippen LogP contribution in [0.4, 0.5) is 5.82 Å². The molecule has 0 atom stereocenters. The van der Waals surface area contributed by atoms with Crippen molar-refractivity contribution in [3.63, 3.8) is 0 Å². The van der Waals surface area contributed by atoms with E-state index in [0.717, 1.165) is 66.9 Å². The van der Waals surface area contributed by atoms with Crippen molar-refractivity contribution in [2.75, 3.05) is 44.7 Å². The standard InChI is InChI=1S/C20H25N5O/c1-4-23-9-11-24(12-10-23)20-13-15(2)21-19-14-17(22-25(19)20)16-7-5-6-8-18(16)26-3/h5-8,13-14H,4,9-12H2,1-3H3. The van der Waals surface area contributed by atoms with Crippen LogP contribution in [-0.4, -0.2) is 59.3 Å². The van der Waals surface area contributed by atoms with E-state index in [1.54, 1.807) is 7.11 Å². The van der Waals surface area contributed by atoms with Crippen molar-refractivity contribution in [3.05, 3.63) is 42.1 Å². The molecule has 1 aliphatic heterocycles. The first-order chi connectivity index (χ1) is 12.7. The van der Waals surface area contributed by atoms with Crippen molar-refractivity contribution in [3.8, 4) is 17.0 Å². The van der Waals surface area contributed by atoms with Crippen LogP contribution < -0.4 is 9.64 Å². The minimum Gasteiger partial charge on any atom is -0.496 e. The highest BCUT2D eigenvalue weighted by atomic mass is 16.5. The highest BCUT2D eigenvalue weighted by Gasteiger charge is 2.20. The molecule has 0 spiro atoms. The molecule has 0 unspecified atom stereocenters. The molecule has 0 amide bonds. The number of aromatic nitrogens is 3. The molecule has 0 bridgehead atoms. The number of rotatable bonds is 4. The number of anilines is 1. The number of likely N-dealkylation sites (N-methyl/N-ethyl adjacent to an activating group) is 1. The summed E-state index contributed by atoms with van der Waals surface area (Å²) in [5.74, 6) is 1.94. The fraction of sp³-hybridized carbons (Fsp3) is 0.400. The fourth-order valence-corrected chi connectivity index (χ4v) is 3.59. The Morgan fingerprint density at radius 2 is 1.85 bits per heavy atom. The molecule has 3 heterocycles. The third-order valence-corrected chi connectivity index (χ3v) is 5.06. The molecule has 3 aromatic rings. The van der Waals surface area contributed by atoms with E-state index in [0.29, 0.717) is 0 Å². The monoisotopic (exact) mass is 351 g/mol. The molecular formula is C20H25N5O. The zero-order valence-electron chi connectivity index (χ0n) is 15.6. The van der Waals surface area contributed by atoms with E-state index >= 15 is 0 Å². The summed E-state index contributed by atoms with van der Waals surface area (Å²) in [5.41, 5.74) is 3.75. The first-order valence-electron chi connectivity index (χ1n) is 9.17. The lowest BCUT2D eigenvalue weighted by Crippen LogP contribution is -2.46. The number of hydrogen-bond donors (Lipinski definition) is 0. The van der Waals surface area contributed by atoms with Gasteiger partial charge in [-0.2, -0.15) is 9.61 Å². The Morgan fingerprint density at radius 3 is 2.58 bits per heavy atom. The second kappa shape index (κ2) is 6.96. The number of nitrogens with zero attached hydrogens (tertiary/aromatic N) is 5. The van der Waals surface area contributed by atoms with Crippen molar-refractivity contribution in [2.45, 2.75) is 13.8 Å². The first kappa shape index (κ1) is 16.8.